The maximum absolute atomic E-state index is 12.0. The molecule has 0 saturated heterocycles. The summed E-state index contributed by atoms with van der Waals surface area (Å²) in [4.78, 5) is 12.0. The first-order chi connectivity index (χ1) is 9.11. The quantitative estimate of drug-likeness (QED) is 0.497. The molecule has 1 aliphatic rings. The van der Waals surface area contributed by atoms with Crippen LogP contribution in [0.15, 0.2) is 18.2 Å². The molecule has 1 saturated carbocycles. The Kier molecular flexibility index (Phi) is 4.27. The maximum atomic E-state index is 12.0. The van der Waals surface area contributed by atoms with Crippen molar-refractivity contribution in [3.8, 4) is 5.75 Å². The number of anilines is 1. The molecule has 2 rings (SSSR count). The number of ether oxygens (including phenoxy) is 2. The Morgan fingerprint density at radius 2 is 2.11 bits per heavy atom. The predicted octanol–water partition coefficient (Wildman–Crippen LogP) is 2.09. The van der Waals surface area contributed by atoms with Crippen molar-refractivity contribution in [3.63, 3.8) is 0 Å². The standard InChI is InChI=1S/C14H19NO4/c1-18-9-4-2-5-10(8-9)19-14(17)11-6-3-7-12(15)13(11)16/h3,6-7,9-10,16H,2,4-5,8,15H2,1H3. The van der Waals surface area contributed by atoms with Crippen LogP contribution in [0.2, 0.25) is 0 Å². The summed E-state index contributed by atoms with van der Waals surface area (Å²) in [5.74, 6) is -0.752. The smallest absolute Gasteiger partial charge is 0.342 e. The molecule has 3 N–H and O–H groups in total. The van der Waals surface area contributed by atoms with Crippen molar-refractivity contribution in [3.05, 3.63) is 23.8 Å². The molecular weight excluding hydrogens is 246 g/mol. The number of esters is 1. The van der Waals surface area contributed by atoms with Gasteiger partial charge in [0, 0.05) is 13.5 Å². The van der Waals surface area contributed by atoms with Crippen LogP contribution in [-0.4, -0.2) is 30.4 Å². The third-order valence-electron chi connectivity index (χ3n) is 3.47. The monoisotopic (exact) mass is 265 g/mol. The van der Waals surface area contributed by atoms with E-state index in [4.69, 9.17) is 15.2 Å². The summed E-state index contributed by atoms with van der Waals surface area (Å²) >= 11 is 0. The molecule has 0 heterocycles. The third kappa shape index (κ3) is 3.17. The van der Waals surface area contributed by atoms with E-state index in [2.05, 4.69) is 0 Å². The lowest BCUT2D eigenvalue weighted by atomic mass is 9.95. The van der Waals surface area contributed by atoms with Gasteiger partial charge in [-0.1, -0.05) is 6.07 Å². The summed E-state index contributed by atoms with van der Waals surface area (Å²) in [6.45, 7) is 0. The minimum atomic E-state index is -0.536. The normalized spacial score (nSPS) is 23.0. The van der Waals surface area contributed by atoms with E-state index in [0.29, 0.717) is 6.42 Å². The number of nitrogens with two attached hydrogens (primary N) is 1. The lowest BCUT2D eigenvalue weighted by Gasteiger charge is -2.28. The van der Waals surface area contributed by atoms with Crippen molar-refractivity contribution < 1.29 is 19.4 Å². The number of hydrogen-bond donors (Lipinski definition) is 2. The minimum absolute atomic E-state index is 0.111. The number of para-hydroxylation sites is 1. The highest BCUT2D eigenvalue weighted by Crippen LogP contribution is 2.28. The summed E-state index contributed by atoms with van der Waals surface area (Å²) in [6, 6.07) is 4.66. The summed E-state index contributed by atoms with van der Waals surface area (Å²) in [7, 11) is 1.67. The topological polar surface area (TPSA) is 81.8 Å². The number of carbonyl (C=O) groups is 1. The molecule has 1 aromatic carbocycles. The molecule has 19 heavy (non-hydrogen) atoms. The van der Waals surface area contributed by atoms with E-state index in [0.717, 1.165) is 19.3 Å². The van der Waals surface area contributed by atoms with Gasteiger partial charge in [-0.05, 0) is 31.4 Å². The number of methoxy groups -OCH3 is 1. The summed E-state index contributed by atoms with van der Waals surface area (Å²) < 4.78 is 10.7. The molecule has 0 aliphatic heterocycles. The molecule has 2 atom stereocenters. The summed E-state index contributed by atoms with van der Waals surface area (Å²) in [5, 5.41) is 9.75. The van der Waals surface area contributed by atoms with Gasteiger partial charge in [-0.3, -0.25) is 0 Å². The number of hydrogen-bond acceptors (Lipinski definition) is 5. The van der Waals surface area contributed by atoms with Crippen molar-refractivity contribution in [2.24, 2.45) is 0 Å². The Morgan fingerprint density at radius 3 is 2.84 bits per heavy atom. The Bertz CT molecular complexity index is 461. The van der Waals surface area contributed by atoms with Crippen LogP contribution in [0, 0.1) is 0 Å². The second kappa shape index (κ2) is 5.93. The lowest BCUT2D eigenvalue weighted by molar-refractivity contribution is -0.0150. The number of phenolic OH excluding ortho intramolecular Hbond substituents is 1. The van der Waals surface area contributed by atoms with Gasteiger partial charge in [0.05, 0.1) is 11.8 Å². The van der Waals surface area contributed by atoms with E-state index >= 15 is 0 Å². The molecule has 5 heteroatoms. The fraction of sp³-hybridized carbons (Fsp3) is 0.500. The predicted molar refractivity (Wildman–Crippen MR) is 71.0 cm³/mol. The van der Waals surface area contributed by atoms with Gasteiger partial charge >= 0.3 is 5.97 Å². The molecular formula is C14H19NO4. The van der Waals surface area contributed by atoms with Crippen molar-refractivity contribution in [2.75, 3.05) is 12.8 Å². The second-order valence-electron chi connectivity index (χ2n) is 4.80. The third-order valence-corrected chi connectivity index (χ3v) is 3.47. The van der Waals surface area contributed by atoms with E-state index in [1.165, 1.54) is 12.1 Å². The number of phenols is 1. The fourth-order valence-electron chi connectivity index (χ4n) is 2.36. The highest BCUT2D eigenvalue weighted by molar-refractivity contribution is 5.94. The zero-order valence-corrected chi connectivity index (χ0v) is 11.0. The van der Waals surface area contributed by atoms with Crippen LogP contribution in [0.3, 0.4) is 0 Å². The average molecular weight is 265 g/mol. The molecule has 1 aliphatic carbocycles. The van der Waals surface area contributed by atoms with Gasteiger partial charge in [0.2, 0.25) is 0 Å². The molecule has 5 nitrogen and oxygen atoms in total. The second-order valence-corrected chi connectivity index (χ2v) is 4.80. The number of rotatable bonds is 3. The molecule has 0 amide bonds. The number of nitrogen functional groups attached to an aromatic ring is 1. The van der Waals surface area contributed by atoms with Crippen LogP contribution in [-0.2, 0) is 9.47 Å². The number of carbonyl (C=O) groups excluding carboxylic acids is 1. The molecule has 0 bridgehead atoms. The first kappa shape index (κ1) is 13.7. The van der Waals surface area contributed by atoms with Crippen LogP contribution in [0.1, 0.15) is 36.0 Å². The lowest BCUT2D eigenvalue weighted by Crippen LogP contribution is -2.29. The van der Waals surface area contributed by atoms with E-state index in [9.17, 15) is 9.90 Å². The molecule has 1 fully saturated rings. The van der Waals surface area contributed by atoms with Crippen molar-refractivity contribution in [2.45, 2.75) is 37.9 Å². The van der Waals surface area contributed by atoms with E-state index in [1.807, 2.05) is 0 Å². The van der Waals surface area contributed by atoms with Gasteiger partial charge in [-0.2, -0.15) is 0 Å². The van der Waals surface area contributed by atoms with Crippen molar-refractivity contribution >= 4 is 11.7 Å². The zero-order valence-electron chi connectivity index (χ0n) is 11.0. The van der Waals surface area contributed by atoms with Crippen LogP contribution in [0.4, 0.5) is 5.69 Å². The van der Waals surface area contributed by atoms with Gasteiger partial charge in [0.15, 0.2) is 5.75 Å². The SMILES string of the molecule is COC1CCCC(OC(=O)c2cccc(N)c2O)C1. The van der Waals surface area contributed by atoms with Crippen LogP contribution >= 0.6 is 0 Å². The molecule has 0 aromatic heterocycles. The number of benzene rings is 1. The fourth-order valence-corrected chi connectivity index (χ4v) is 2.36. The summed E-state index contributed by atoms with van der Waals surface area (Å²) in [5.41, 5.74) is 5.84. The minimum Gasteiger partial charge on any atom is -0.505 e. The van der Waals surface area contributed by atoms with E-state index in [1.54, 1.807) is 13.2 Å². The first-order valence-electron chi connectivity index (χ1n) is 6.43. The van der Waals surface area contributed by atoms with E-state index < -0.39 is 5.97 Å². The van der Waals surface area contributed by atoms with Crippen molar-refractivity contribution in [1.29, 1.82) is 0 Å². The number of aromatic hydroxyl groups is 1. The average Bonchev–Trinajstić information content (AvgIpc) is 2.42. The van der Waals surface area contributed by atoms with Crippen LogP contribution in [0.25, 0.3) is 0 Å². The Labute approximate surface area is 112 Å². The zero-order chi connectivity index (χ0) is 13.8. The maximum Gasteiger partial charge on any atom is 0.342 e. The van der Waals surface area contributed by atoms with Gasteiger partial charge in [0.25, 0.3) is 0 Å². The van der Waals surface area contributed by atoms with E-state index in [-0.39, 0.29) is 29.2 Å². The molecule has 0 radical (unpaired) electrons. The Morgan fingerprint density at radius 1 is 1.37 bits per heavy atom. The van der Waals surface area contributed by atoms with Crippen LogP contribution in [0.5, 0.6) is 5.75 Å². The van der Waals surface area contributed by atoms with Gasteiger partial charge < -0.3 is 20.3 Å². The van der Waals surface area contributed by atoms with Gasteiger partial charge in [-0.25, -0.2) is 4.79 Å². The largest absolute Gasteiger partial charge is 0.505 e. The van der Waals surface area contributed by atoms with Gasteiger partial charge in [0.1, 0.15) is 11.7 Å². The molecule has 104 valence electrons. The van der Waals surface area contributed by atoms with Gasteiger partial charge in [-0.15, -0.1) is 0 Å². The Hall–Kier alpha value is -1.75. The molecule has 0 spiro atoms. The van der Waals surface area contributed by atoms with Crippen molar-refractivity contribution in [1.82, 2.24) is 0 Å². The first-order valence-corrected chi connectivity index (χ1v) is 6.43. The molecule has 2 unspecified atom stereocenters. The molecule has 1 aromatic rings. The Balaban J connectivity index is 2.02. The highest BCUT2D eigenvalue weighted by atomic mass is 16.5. The summed E-state index contributed by atoms with van der Waals surface area (Å²) in [6.07, 6.45) is 3.47. The van der Waals surface area contributed by atoms with Crippen LogP contribution < -0.4 is 5.73 Å². The highest BCUT2D eigenvalue weighted by Gasteiger charge is 2.26.